The normalized spacial score (nSPS) is 12.3. The predicted octanol–water partition coefficient (Wildman–Crippen LogP) is 4.83. The number of aromatic carboxylic acids is 1. The Hall–Kier alpha value is -2.68. The van der Waals surface area contributed by atoms with Gasteiger partial charge in [-0.2, -0.15) is 0 Å². The van der Waals surface area contributed by atoms with Crippen LogP contribution in [-0.2, 0) is 0 Å². The van der Waals surface area contributed by atoms with Crippen molar-refractivity contribution in [2.45, 2.75) is 12.8 Å². The molecule has 3 aromatic rings. The Labute approximate surface area is 127 Å². The van der Waals surface area contributed by atoms with Crippen molar-refractivity contribution in [1.29, 1.82) is 0 Å². The predicted molar refractivity (Wildman–Crippen MR) is 84.8 cm³/mol. The van der Waals surface area contributed by atoms with Crippen LogP contribution in [0.4, 0.5) is 4.39 Å². The van der Waals surface area contributed by atoms with Crippen LogP contribution in [0.1, 0.15) is 34.3 Å². The SMILES string of the molecule is C[C@H](c1c(F)cccc1C(=O)O)c1cccc2ccccc12. The number of benzene rings is 3. The molecule has 110 valence electrons. The fraction of sp³-hybridized carbons (Fsp3) is 0.105. The number of rotatable bonds is 3. The summed E-state index contributed by atoms with van der Waals surface area (Å²) in [4.78, 5) is 11.4. The third-order valence-electron chi connectivity index (χ3n) is 4.01. The lowest BCUT2D eigenvalue weighted by atomic mass is 9.86. The Balaban J connectivity index is 2.23. The molecule has 3 aromatic carbocycles. The first-order valence-corrected chi connectivity index (χ1v) is 7.09. The van der Waals surface area contributed by atoms with Gasteiger partial charge in [0.05, 0.1) is 5.56 Å². The third kappa shape index (κ3) is 2.35. The van der Waals surface area contributed by atoms with Crippen molar-refractivity contribution < 1.29 is 14.3 Å². The molecule has 0 bridgehead atoms. The van der Waals surface area contributed by atoms with Crippen LogP contribution >= 0.6 is 0 Å². The summed E-state index contributed by atoms with van der Waals surface area (Å²) in [5, 5.41) is 11.4. The van der Waals surface area contributed by atoms with Gasteiger partial charge in [-0.3, -0.25) is 0 Å². The zero-order chi connectivity index (χ0) is 15.7. The van der Waals surface area contributed by atoms with Crippen molar-refractivity contribution in [3.8, 4) is 0 Å². The first kappa shape index (κ1) is 14.3. The Bertz CT molecular complexity index is 850. The number of fused-ring (bicyclic) bond motifs is 1. The Morgan fingerprint density at radius 3 is 2.45 bits per heavy atom. The first-order valence-electron chi connectivity index (χ1n) is 7.09. The summed E-state index contributed by atoms with van der Waals surface area (Å²) in [6.45, 7) is 1.84. The standard InChI is InChI=1S/C19H15FO2/c1-12(18-16(19(21)22)10-5-11-17(18)20)14-9-4-7-13-6-2-3-8-15(13)14/h2-12H,1H3,(H,21,22)/t12-/m0/s1. The van der Waals surface area contributed by atoms with E-state index in [4.69, 9.17) is 0 Å². The van der Waals surface area contributed by atoms with Crippen molar-refractivity contribution in [3.05, 3.63) is 83.2 Å². The molecule has 22 heavy (non-hydrogen) atoms. The van der Waals surface area contributed by atoms with Crippen LogP contribution in [-0.4, -0.2) is 11.1 Å². The second-order valence-corrected chi connectivity index (χ2v) is 5.30. The molecule has 0 aliphatic rings. The number of carboxylic acid groups (broad SMARTS) is 1. The molecule has 3 heteroatoms. The minimum Gasteiger partial charge on any atom is -0.478 e. The second kappa shape index (κ2) is 5.60. The molecule has 0 saturated carbocycles. The summed E-state index contributed by atoms with van der Waals surface area (Å²) >= 11 is 0. The third-order valence-corrected chi connectivity index (χ3v) is 4.01. The Kier molecular flexibility index (Phi) is 3.63. The highest BCUT2D eigenvalue weighted by atomic mass is 19.1. The maximum absolute atomic E-state index is 14.3. The average molecular weight is 294 g/mol. The number of hydrogen-bond donors (Lipinski definition) is 1. The largest absolute Gasteiger partial charge is 0.478 e. The van der Waals surface area contributed by atoms with Gasteiger partial charge in [-0.1, -0.05) is 55.5 Å². The van der Waals surface area contributed by atoms with Crippen LogP contribution in [0.2, 0.25) is 0 Å². The second-order valence-electron chi connectivity index (χ2n) is 5.30. The van der Waals surface area contributed by atoms with E-state index in [2.05, 4.69) is 0 Å². The highest BCUT2D eigenvalue weighted by Gasteiger charge is 2.22. The smallest absolute Gasteiger partial charge is 0.336 e. The van der Waals surface area contributed by atoms with Crippen molar-refractivity contribution in [3.63, 3.8) is 0 Å². The molecule has 0 heterocycles. The van der Waals surface area contributed by atoms with Crippen LogP contribution < -0.4 is 0 Å². The molecule has 0 aromatic heterocycles. The maximum Gasteiger partial charge on any atom is 0.336 e. The number of carboxylic acids is 1. The van der Waals surface area contributed by atoms with Gasteiger partial charge in [-0.05, 0) is 28.5 Å². The van der Waals surface area contributed by atoms with Gasteiger partial charge in [-0.15, -0.1) is 0 Å². The molecular weight excluding hydrogens is 279 g/mol. The molecule has 0 fully saturated rings. The zero-order valence-electron chi connectivity index (χ0n) is 12.1. The van der Waals surface area contributed by atoms with Crippen molar-refractivity contribution in [1.82, 2.24) is 0 Å². The summed E-state index contributed by atoms with van der Waals surface area (Å²) in [5.74, 6) is -1.94. The van der Waals surface area contributed by atoms with E-state index in [0.717, 1.165) is 16.3 Å². The highest BCUT2D eigenvalue weighted by molar-refractivity contribution is 5.91. The summed E-state index contributed by atoms with van der Waals surface area (Å²) in [5.41, 5.74) is 1.16. The van der Waals surface area contributed by atoms with Crippen molar-refractivity contribution in [2.75, 3.05) is 0 Å². The van der Waals surface area contributed by atoms with Crippen LogP contribution in [0.5, 0.6) is 0 Å². The molecule has 3 rings (SSSR count). The van der Waals surface area contributed by atoms with Gasteiger partial charge in [0.15, 0.2) is 0 Å². The molecule has 0 amide bonds. The van der Waals surface area contributed by atoms with Crippen molar-refractivity contribution in [2.24, 2.45) is 0 Å². The summed E-state index contributed by atoms with van der Waals surface area (Å²) < 4.78 is 14.3. The van der Waals surface area contributed by atoms with Gasteiger partial charge in [0.25, 0.3) is 0 Å². The lowest BCUT2D eigenvalue weighted by Gasteiger charge is -2.18. The van der Waals surface area contributed by atoms with Gasteiger partial charge < -0.3 is 5.11 Å². The van der Waals surface area contributed by atoms with Crippen molar-refractivity contribution >= 4 is 16.7 Å². The minimum atomic E-state index is -1.11. The minimum absolute atomic E-state index is 0.0143. The Morgan fingerprint density at radius 2 is 1.68 bits per heavy atom. The molecule has 0 spiro atoms. The van der Waals surface area contributed by atoms with E-state index in [1.807, 2.05) is 49.4 Å². The number of carbonyl (C=O) groups is 1. The number of hydrogen-bond acceptors (Lipinski definition) is 1. The summed E-state index contributed by atoms with van der Waals surface area (Å²) in [7, 11) is 0. The van der Waals surface area contributed by atoms with Gasteiger partial charge in [-0.25, -0.2) is 9.18 Å². The Morgan fingerprint density at radius 1 is 1.00 bits per heavy atom. The maximum atomic E-state index is 14.3. The molecule has 0 radical (unpaired) electrons. The summed E-state index contributed by atoms with van der Waals surface area (Å²) in [6, 6.07) is 17.9. The fourth-order valence-electron chi connectivity index (χ4n) is 2.95. The molecule has 0 saturated heterocycles. The molecule has 1 N–H and O–H groups in total. The fourth-order valence-corrected chi connectivity index (χ4v) is 2.95. The quantitative estimate of drug-likeness (QED) is 0.751. The van der Waals surface area contributed by atoms with Gasteiger partial charge in [0.1, 0.15) is 5.82 Å². The monoisotopic (exact) mass is 294 g/mol. The average Bonchev–Trinajstić information content (AvgIpc) is 2.53. The van der Waals surface area contributed by atoms with E-state index in [-0.39, 0.29) is 17.0 Å². The van der Waals surface area contributed by atoms with E-state index in [9.17, 15) is 14.3 Å². The summed E-state index contributed by atoms with van der Waals surface area (Å²) in [6.07, 6.45) is 0. The topological polar surface area (TPSA) is 37.3 Å². The van der Waals surface area contributed by atoms with E-state index in [1.54, 1.807) is 0 Å². The van der Waals surface area contributed by atoms with E-state index in [1.165, 1.54) is 18.2 Å². The lowest BCUT2D eigenvalue weighted by molar-refractivity contribution is 0.0694. The highest BCUT2D eigenvalue weighted by Crippen LogP contribution is 2.33. The molecule has 1 atom stereocenters. The molecule has 0 aliphatic carbocycles. The van der Waals surface area contributed by atoms with Gasteiger partial charge in [0.2, 0.25) is 0 Å². The zero-order valence-corrected chi connectivity index (χ0v) is 12.1. The molecular formula is C19H15FO2. The number of halogens is 1. The van der Waals surface area contributed by atoms with Gasteiger partial charge >= 0.3 is 5.97 Å². The van der Waals surface area contributed by atoms with Crippen LogP contribution in [0.3, 0.4) is 0 Å². The van der Waals surface area contributed by atoms with Gasteiger partial charge in [0, 0.05) is 11.5 Å². The van der Waals surface area contributed by atoms with E-state index >= 15 is 0 Å². The van der Waals surface area contributed by atoms with Crippen LogP contribution in [0.25, 0.3) is 10.8 Å². The molecule has 0 unspecified atom stereocenters. The van der Waals surface area contributed by atoms with E-state index in [0.29, 0.717) is 0 Å². The first-order chi connectivity index (χ1) is 10.6. The molecule has 0 aliphatic heterocycles. The van der Waals surface area contributed by atoms with E-state index < -0.39 is 11.8 Å². The molecule has 2 nitrogen and oxygen atoms in total. The van der Waals surface area contributed by atoms with Crippen LogP contribution in [0.15, 0.2) is 60.7 Å². The lowest BCUT2D eigenvalue weighted by Crippen LogP contribution is -2.09. The van der Waals surface area contributed by atoms with Crippen LogP contribution in [0, 0.1) is 5.82 Å².